The molecule has 0 atom stereocenters. The van der Waals surface area contributed by atoms with Crippen molar-refractivity contribution in [2.45, 2.75) is 13.5 Å². The molecule has 1 N–H and O–H groups in total. The minimum absolute atomic E-state index is 0.175. The van der Waals surface area contributed by atoms with Gasteiger partial charge in [-0.05, 0) is 53.1 Å². The Bertz CT molecular complexity index is 1610. The summed E-state index contributed by atoms with van der Waals surface area (Å²) in [5.41, 5.74) is 5.96. The van der Waals surface area contributed by atoms with Crippen LogP contribution < -0.4 is 14.9 Å². The molecular formula is C29H23ClN2O4. The van der Waals surface area contributed by atoms with Crippen LogP contribution in [-0.4, -0.2) is 19.2 Å². The zero-order valence-corrected chi connectivity index (χ0v) is 20.5. The van der Waals surface area contributed by atoms with Crippen molar-refractivity contribution < 1.29 is 18.7 Å². The van der Waals surface area contributed by atoms with Crippen molar-refractivity contribution in [3.63, 3.8) is 0 Å². The van der Waals surface area contributed by atoms with Crippen molar-refractivity contribution in [1.82, 2.24) is 5.43 Å². The largest absolute Gasteiger partial charge is 0.493 e. The fraction of sp³-hybridized carbons (Fsp3) is 0.103. The Kier molecular flexibility index (Phi) is 6.60. The van der Waals surface area contributed by atoms with Crippen LogP contribution in [0.5, 0.6) is 11.5 Å². The maximum Gasteiger partial charge on any atom is 0.307 e. The number of aryl methyl sites for hydroxylation is 1. The maximum absolute atomic E-state index is 12.6. The Hall–Kier alpha value is -4.29. The predicted molar refractivity (Wildman–Crippen MR) is 142 cm³/mol. The quantitative estimate of drug-likeness (QED) is 0.196. The van der Waals surface area contributed by atoms with Gasteiger partial charge in [0.2, 0.25) is 0 Å². The first-order valence-electron chi connectivity index (χ1n) is 11.3. The van der Waals surface area contributed by atoms with E-state index in [0.717, 1.165) is 27.3 Å². The first kappa shape index (κ1) is 23.5. The Labute approximate surface area is 213 Å². The number of fused-ring (bicyclic) bond motifs is 3. The summed E-state index contributed by atoms with van der Waals surface area (Å²) in [4.78, 5) is 12.6. The molecule has 180 valence electrons. The number of benzene rings is 4. The van der Waals surface area contributed by atoms with Gasteiger partial charge in [0.15, 0.2) is 17.3 Å². The minimum Gasteiger partial charge on any atom is -0.493 e. The minimum atomic E-state index is -0.456. The predicted octanol–water partition coefficient (Wildman–Crippen LogP) is 6.90. The average molecular weight is 499 g/mol. The van der Waals surface area contributed by atoms with Crippen LogP contribution in [-0.2, 0) is 6.61 Å². The highest BCUT2D eigenvalue weighted by Crippen LogP contribution is 2.36. The molecule has 0 aliphatic carbocycles. The smallest absolute Gasteiger partial charge is 0.307 e. The van der Waals surface area contributed by atoms with Crippen molar-refractivity contribution in [3.8, 4) is 11.5 Å². The molecule has 0 saturated heterocycles. The Morgan fingerprint density at radius 3 is 2.72 bits per heavy atom. The van der Waals surface area contributed by atoms with Gasteiger partial charge < -0.3 is 13.9 Å². The van der Waals surface area contributed by atoms with Crippen molar-refractivity contribution in [2.75, 3.05) is 7.11 Å². The van der Waals surface area contributed by atoms with E-state index in [-0.39, 0.29) is 5.76 Å². The molecular weight excluding hydrogens is 476 g/mol. The molecule has 5 rings (SSSR count). The number of furan rings is 1. The highest BCUT2D eigenvalue weighted by Gasteiger charge is 2.14. The van der Waals surface area contributed by atoms with Crippen LogP contribution in [0.2, 0.25) is 5.02 Å². The number of halogens is 1. The summed E-state index contributed by atoms with van der Waals surface area (Å²) in [6, 6.07) is 25.0. The van der Waals surface area contributed by atoms with Crippen molar-refractivity contribution >= 4 is 45.5 Å². The summed E-state index contributed by atoms with van der Waals surface area (Å²) in [6.45, 7) is 2.38. The topological polar surface area (TPSA) is 73.1 Å². The van der Waals surface area contributed by atoms with E-state index in [0.29, 0.717) is 34.3 Å². The molecule has 1 aromatic heterocycles. The number of hydrogen-bond donors (Lipinski definition) is 1. The lowest BCUT2D eigenvalue weighted by molar-refractivity contribution is 0.0929. The highest BCUT2D eigenvalue weighted by molar-refractivity contribution is 6.32. The number of amides is 1. The monoisotopic (exact) mass is 498 g/mol. The molecule has 0 aliphatic rings. The first-order chi connectivity index (χ1) is 17.5. The molecule has 0 bridgehead atoms. The lowest BCUT2D eigenvalue weighted by Crippen LogP contribution is -2.16. The number of nitrogens with one attached hydrogen (secondary N) is 1. The van der Waals surface area contributed by atoms with Gasteiger partial charge in [-0.3, -0.25) is 4.79 Å². The van der Waals surface area contributed by atoms with E-state index < -0.39 is 5.91 Å². The maximum atomic E-state index is 12.6. The summed E-state index contributed by atoms with van der Waals surface area (Å²) in [6.07, 6.45) is 1.48. The number of hydrogen-bond acceptors (Lipinski definition) is 5. The van der Waals surface area contributed by atoms with E-state index in [1.165, 1.54) is 6.21 Å². The highest BCUT2D eigenvalue weighted by atomic mass is 35.5. The zero-order chi connectivity index (χ0) is 25.1. The number of methoxy groups -OCH3 is 1. The Morgan fingerprint density at radius 1 is 1.03 bits per heavy atom. The van der Waals surface area contributed by atoms with Crippen molar-refractivity contribution in [3.05, 3.63) is 106 Å². The van der Waals surface area contributed by atoms with Gasteiger partial charge in [0.05, 0.1) is 18.3 Å². The molecule has 7 heteroatoms. The zero-order valence-electron chi connectivity index (χ0n) is 19.7. The van der Waals surface area contributed by atoms with Gasteiger partial charge in [0.25, 0.3) is 0 Å². The molecule has 0 spiro atoms. The van der Waals surface area contributed by atoms with Gasteiger partial charge in [-0.1, -0.05) is 71.8 Å². The number of nitrogens with zero attached hydrogens (tertiary/aromatic N) is 1. The lowest BCUT2D eigenvalue weighted by atomic mass is 10.1. The molecule has 0 aliphatic heterocycles. The third kappa shape index (κ3) is 4.90. The summed E-state index contributed by atoms with van der Waals surface area (Å²) in [7, 11) is 1.54. The van der Waals surface area contributed by atoms with Gasteiger partial charge in [0, 0.05) is 5.39 Å². The number of hydrazone groups is 1. The fourth-order valence-electron chi connectivity index (χ4n) is 4.04. The van der Waals surface area contributed by atoms with Gasteiger partial charge in [-0.25, -0.2) is 5.43 Å². The van der Waals surface area contributed by atoms with Crippen LogP contribution in [0.3, 0.4) is 0 Å². The SMILES string of the molecule is COc1cc(C=NNC(=O)c2cc3c(ccc4ccccc43)o2)cc(Cl)c1OCc1cccc(C)c1. The Balaban J connectivity index is 1.29. The fourth-order valence-corrected chi connectivity index (χ4v) is 4.31. The summed E-state index contributed by atoms with van der Waals surface area (Å²) in [5, 5.41) is 7.41. The molecule has 0 radical (unpaired) electrons. The van der Waals surface area contributed by atoms with Crippen molar-refractivity contribution in [2.24, 2.45) is 5.10 Å². The van der Waals surface area contributed by atoms with E-state index in [1.807, 2.05) is 61.5 Å². The number of carbonyl (C=O) groups is 1. The van der Waals surface area contributed by atoms with E-state index in [1.54, 1.807) is 25.3 Å². The van der Waals surface area contributed by atoms with Crippen LogP contribution in [0.15, 0.2) is 88.4 Å². The molecule has 1 amide bonds. The summed E-state index contributed by atoms with van der Waals surface area (Å²) in [5.74, 6) is 0.625. The second-order valence-corrected chi connectivity index (χ2v) is 8.73. The van der Waals surface area contributed by atoms with Gasteiger partial charge >= 0.3 is 5.91 Å². The Morgan fingerprint density at radius 2 is 1.89 bits per heavy atom. The van der Waals surface area contributed by atoms with E-state index >= 15 is 0 Å². The standard InChI is InChI=1S/C29H23ClN2O4/c1-18-6-5-7-19(12-18)17-35-28-24(30)13-20(14-26(28)34-2)16-31-32-29(33)27-15-23-22-9-4-3-8-21(22)10-11-25(23)36-27/h3-16H,17H2,1-2H3,(H,32,33). The van der Waals surface area contributed by atoms with Gasteiger partial charge in [-0.15, -0.1) is 0 Å². The second kappa shape index (κ2) is 10.1. The molecule has 0 unspecified atom stereocenters. The normalized spacial score (nSPS) is 11.3. The molecule has 36 heavy (non-hydrogen) atoms. The molecule has 5 aromatic rings. The molecule has 6 nitrogen and oxygen atoms in total. The first-order valence-corrected chi connectivity index (χ1v) is 11.7. The van der Waals surface area contributed by atoms with E-state index in [2.05, 4.69) is 16.6 Å². The van der Waals surface area contributed by atoms with Crippen LogP contribution >= 0.6 is 11.6 Å². The summed E-state index contributed by atoms with van der Waals surface area (Å²) < 4.78 is 17.1. The summed E-state index contributed by atoms with van der Waals surface area (Å²) >= 11 is 6.47. The van der Waals surface area contributed by atoms with E-state index in [9.17, 15) is 4.79 Å². The molecule has 0 saturated carbocycles. The van der Waals surface area contributed by atoms with E-state index in [4.69, 9.17) is 25.5 Å². The van der Waals surface area contributed by atoms with Crippen molar-refractivity contribution in [1.29, 1.82) is 0 Å². The number of carbonyl (C=O) groups excluding carboxylic acids is 1. The van der Waals surface area contributed by atoms with Crippen LogP contribution in [0, 0.1) is 6.92 Å². The third-order valence-electron chi connectivity index (χ3n) is 5.75. The molecule has 0 fully saturated rings. The van der Waals surface area contributed by atoms with Gasteiger partial charge in [-0.2, -0.15) is 5.10 Å². The van der Waals surface area contributed by atoms with Crippen LogP contribution in [0.4, 0.5) is 0 Å². The van der Waals surface area contributed by atoms with Crippen LogP contribution in [0.25, 0.3) is 21.7 Å². The van der Waals surface area contributed by atoms with Crippen LogP contribution in [0.1, 0.15) is 27.2 Å². The molecule has 4 aromatic carbocycles. The second-order valence-electron chi connectivity index (χ2n) is 8.32. The third-order valence-corrected chi connectivity index (χ3v) is 6.03. The van der Waals surface area contributed by atoms with Gasteiger partial charge in [0.1, 0.15) is 12.2 Å². The lowest BCUT2D eigenvalue weighted by Gasteiger charge is -2.13. The average Bonchev–Trinajstić information content (AvgIpc) is 3.33. The molecule has 1 heterocycles. The number of ether oxygens (including phenoxy) is 2. The number of rotatable bonds is 7.